The zero-order valence-corrected chi connectivity index (χ0v) is 11.1. The summed E-state index contributed by atoms with van der Waals surface area (Å²) in [5, 5.41) is 2.99. The number of benzene rings is 1. The normalized spacial score (nSPS) is 19.8. The van der Waals surface area contributed by atoms with Crippen LogP contribution in [-0.4, -0.2) is 31.6 Å². The molecule has 1 saturated heterocycles. The number of carbonyl (C=O) groups is 1. The summed E-state index contributed by atoms with van der Waals surface area (Å²) in [6, 6.07) is 6.51. The predicted molar refractivity (Wildman–Crippen MR) is 73.7 cm³/mol. The molecule has 2 rings (SSSR count). The molecule has 0 saturated carbocycles. The van der Waals surface area contributed by atoms with Crippen LogP contribution in [-0.2, 0) is 4.79 Å². The molecule has 1 aromatic rings. The lowest BCUT2D eigenvalue weighted by atomic mass is 10.1. The van der Waals surface area contributed by atoms with E-state index in [1.807, 2.05) is 0 Å². The SMILES string of the molecule is Cc1ccc(C)c(N2CC(=O)NC(CCN)C2)c1. The maximum Gasteiger partial charge on any atom is 0.239 e. The summed E-state index contributed by atoms with van der Waals surface area (Å²) in [6.07, 6.45) is 0.826. The van der Waals surface area contributed by atoms with Gasteiger partial charge in [0.05, 0.1) is 6.54 Å². The molecular formula is C14H21N3O. The summed E-state index contributed by atoms with van der Waals surface area (Å²) in [7, 11) is 0. The van der Waals surface area contributed by atoms with E-state index in [1.54, 1.807) is 0 Å². The molecule has 0 aromatic heterocycles. The van der Waals surface area contributed by atoms with Crippen LogP contribution in [0.5, 0.6) is 0 Å². The van der Waals surface area contributed by atoms with Gasteiger partial charge in [-0.15, -0.1) is 0 Å². The van der Waals surface area contributed by atoms with Crippen LogP contribution in [0, 0.1) is 13.8 Å². The van der Waals surface area contributed by atoms with E-state index in [0.717, 1.165) is 18.7 Å². The number of nitrogens with two attached hydrogens (primary N) is 1. The molecule has 1 aliphatic heterocycles. The average Bonchev–Trinajstić information content (AvgIpc) is 2.32. The van der Waals surface area contributed by atoms with Crippen molar-refractivity contribution in [3.05, 3.63) is 29.3 Å². The fourth-order valence-electron chi connectivity index (χ4n) is 2.43. The Balaban J connectivity index is 2.21. The summed E-state index contributed by atoms with van der Waals surface area (Å²) in [6.45, 7) is 6.04. The second-order valence-electron chi connectivity index (χ2n) is 5.01. The van der Waals surface area contributed by atoms with Crippen molar-refractivity contribution >= 4 is 11.6 Å². The molecule has 1 atom stereocenters. The van der Waals surface area contributed by atoms with Gasteiger partial charge in [0.25, 0.3) is 0 Å². The van der Waals surface area contributed by atoms with E-state index in [9.17, 15) is 4.79 Å². The largest absolute Gasteiger partial charge is 0.360 e. The maximum atomic E-state index is 11.7. The van der Waals surface area contributed by atoms with Crippen molar-refractivity contribution in [2.45, 2.75) is 26.3 Å². The quantitative estimate of drug-likeness (QED) is 0.836. The average molecular weight is 247 g/mol. The molecule has 4 nitrogen and oxygen atoms in total. The molecule has 98 valence electrons. The first-order valence-corrected chi connectivity index (χ1v) is 6.42. The highest BCUT2D eigenvalue weighted by Gasteiger charge is 2.24. The van der Waals surface area contributed by atoms with Crippen molar-refractivity contribution < 1.29 is 4.79 Å². The molecule has 1 aliphatic rings. The van der Waals surface area contributed by atoms with Crippen molar-refractivity contribution in [3.63, 3.8) is 0 Å². The molecule has 1 heterocycles. The molecule has 0 radical (unpaired) electrons. The Hall–Kier alpha value is -1.55. The number of amides is 1. The van der Waals surface area contributed by atoms with E-state index in [0.29, 0.717) is 13.1 Å². The minimum Gasteiger partial charge on any atom is -0.360 e. The third-order valence-electron chi connectivity index (χ3n) is 3.36. The number of nitrogens with zero attached hydrogens (tertiary/aromatic N) is 1. The van der Waals surface area contributed by atoms with Gasteiger partial charge in [0, 0.05) is 18.3 Å². The number of carbonyl (C=O) groups excluding carboxylic acids is 1. The molecule has 0 spiro atoms. The Labute approximate surface area is 108 Å². The third kappa shape index (κ3) is 2.82. The topological polar surface area (TPSA) is 58.4 Å². The van der Waals surface area contributed by atoms with Crippen molar-refractivity contribution in [1.29, 1.82) is 0 Å². The number of hydrogen-bond acceptors (Lipinski definition) is 3. The second-order valence-corrected chi connectivity index (χ2v) is 5.01. The minimum atomic E-state index is 0.0839. The van der Waals surface area contributed by atoms with Gasteiger partial charge in [-0.25, -0.2) is 0 Å². The van der Waals surface area contributed by atoms with E-state index >= 15 is 0 Å². The Morgan fingerprint density at radius 3 is 2.94 bits per heavy atom. The number of piperazine rings is 1. The van der Waals surface area contributed by atoms with E-state index in [1.165, 1.54) is 11.1 Å². The summed E-state index contributed by atoms with van der Waals surface area (Å²) in [5.74, 6) is 0.0839. The van der Waals surface area contributed by atoms with Gasteiger partial charge in [-0.05, 0) is 44.0 Å². The standard InChI is InChI=1S/C14H21N3O/c1-10-3-4-11(2)13(7-10)17-8-12(5-6-15)16-14(18)9-17/h3-4,7,12H,5-6,8-9,15H2,1-2H3,(H,16,18). The fourth-order valence-corrected chi connectivity index (χ4v) is 2.43. The van der Waals surface area contributed by atoms with Crippen molar-refractivity contribution in [2.75, 3.05) is 24.5 Å². The third-order valence-corrected chi connectivity index (χ3v) is 3.36. The zero-order valence-electron chi connectivity index (χ0n) is 11.1. The molecule has 3 N–H and O–H groups in total. The molecule has 1 amide bonds. The van der Waals surface area contributed by atoms with Crippen LogP contribution in [0.2, 0.25) is 0 Å². The molecule has 4 heteroatoms. The highest BCUT2D eigenvalue weighted by atomic mass is 16.2. The Bertz CT molecular complexity index is 445. The van der Waals surface area contributed by atoms with Crippen LogP contribution in [0.4, 0.5) is 5.69 Å². The van der Waals surface area contributed by atoms with Crippen molar-refractivity contribution in [3.8, 4) is 0 Å². The molecule has 1 aromatic carbocycles. The highest BCUT2D eigenvalue weighted by Crippen LogP contribution is 2.23. The number of anilines is 1. The Kier molecular flexibility index (Phi) is 3.87. The smallest absolute Gasteiger partial charge is 0.239 e. The van der Waals surface area contributed by atoms with Crippen LogP contribution >= 0.6 is 0 Å². The van der Waals surface area contributed by atoms with Gasteiger partial charge in [-0.1, -0.05) is 12.1 Å². The van der Waals surface area contributed by atoms with E-state index in [2.05, 4.69) is 42.3 Å². The van der Waals surface area contributed by atoms with E-state index < -0.39 is 0 Å². The summed E-state index contributed by atoms with van der Waals surface area (Å²) in [5.41, 5.74) is 9.16. The minimum absolute atomic E-state index is 0.0839. The van der Waals surface area contributed by atoms with Crippen LogP contribution in [0.15, 0.2) is 18.2 Å². The Morgan fingerprint density at radius 1 is 1.44 bits per heavy atom. The van der Waals surface area contributed by atoms with Gasteiger partial charge in [-0.2, -0.15) is 0 Å². The number of aryl methyl sites for hydroxylation is 2. The lowest BCUT2D eigenvalue weighted by molar-refractivity contribution is -0.121. The number of hydrogen-bond donors (Lipinski definition) is 2. The van der Waals surface area contributed by atoms with E-state index in [4.69, 9.17) is 5.73 Å². The van der Waals surface area contributed by atoms with Gasteiger partial charge in [-0.3, -0.25) is 4.79 Å². The first kappa shape index (κ1) is 12.9. The molecule has 0 aliphatic carbocycles. The molecular weight excluding hydrogens is 226 g/mol. The lowest BCUT2D eigenvalue weighted by Crippen LogP contribution is -2.54. The van der Waals surface area contributed by atoms with Crippen LogP contribution < -0.4 is 16.0 Å². The Morgan fingerprint density at radius 2 is 2.22 bits per heavy atom. The summed E-state index contributed by atoms with van der Waals surface area (Å²) in [4.78, 5) is 13.9. The molecule has 0 bridgehead atoms. The first-order valence-electron chi connectivity index (χ1n) is 6.42. The van der Waals surface area contributed by atoms with Crippen molar-refractivity contribution in [1.82, 2.24) is 5.32 Å². The van der Waals surface area contributed by atoms with Gasteiger partial charge in [0.15, 0.2) is 0 Å². The second kappa shape index (κ2) is 5.40. The van der Waals surface area contributed by atoms with Gasteiger partial charge < -0.3 is 16.0 Å². The first-order chi connectivity index (χ1) is 8.60. The van der Waals surface area contributed by atoms with Crippen LogP contribution in [0.3, 0.4) is 0 Å². The molecule has 18 heavy (non-hydrogen) atoms. The molecule has 1 fully saturated rings. The van der Waals surface area contributed by atoms with Crippen LogP contribution in [0.1, 0.15) is 17.5 Å². The molecule has 1 unspecified atom stereocenters. The van der Waals surface area contributed by atoms with Gasteiger partial charge in [0.1, 0.15) is 0 Å². The van der Waals surface area contributed by atoms with Gasteiger partial charge >= 0.3 is 0 Å². The van der Waals surface area contributed by atoms with Crippen LogP contribution in [0.25, 0.3) is 0 Å². The zero-order chi connectivity index (χ0) is 13.1. The number of rotatable bonds is 3. The monoisotopic (exact) mass is 247 g/mol. The maximum absolute atomic E-state index is 11.7. The summed E-state index contributed by atoms with van der Waals surface area (Å²) >= 11 is 0. The predicted octanol–water partition coefficient (Wildman–Crippen LogP) is 0.957. The number of nitrogens with one attached hydrogen (secondary N) is 1. The van der Waals surface area contributed by atoms with E-state index in [-0.39, 0.29) is 11.9 Å². The fraction of sp³-hybridized carbons (Fsp3) is 0.500. The van der Waals surface area contributed by atoms with Gasteiger partial charge in [0.2, 0.25) is 5.91 Å². The summed E-state index contributed by atoms with van der Waals surface area (Å²) < 4.78 is 0. The van der Waals surface area contributed by atoms with Crippen molar-refractivity contribution in [2.24, 2.45) is 5.73 Å². The highest BCUT2D eigenvalue weighted by molar-refractivity contribution is 5.83. The lowest BCUT2D eigenvalue weighted by Gasteiger charge is -2.35.